The molecule has 0 saturated carbocycles. The number of nitrogens with zero attached hydrogens (tertiary/aromatic N) is 1. The number of halogens is 2. The smallest absolute Gasteiger partial charge is 0.142 e. The van der Waals surface area contributed by atoms with Crippen LogP contribution in [0.25, 0.3) is 0 Å². The molecular formula is C12H16Cl2N4. The van der Waals surface area contributed by atoms with E-state index in [-0.39, 0.29) is 6.04 Å². The molecule has 0 saturated heterocycles. The number of benzene rings is 1. The van der Waals surface area contributed by atoms with E-state index < -0.39 is 5.66 Å². The molecule has 0 fully saturated rings. The van der Waals surface area contributed by atoms with Crippen molar-refractivity contribution in [2.24, 2.45) is 10.7 Å². The normalized spacial score (nSPS) is 24.2. The zero-order valence-electron chi connectivity index (χ0n) is 10.1. The summed E-state index contributed by atoms with van der Waals surface area (Å²) in [5, 5.41) is 7.68. The van der Waals surface area contributed by atoms with Crippen LogP contribution in [0.4, 0.5) is 5.69 Å². The summed E-state index contributed by atoms with van der Waals surface area (Å²) in [5.41, 5.74) is 6.21. The van der Waals surface area contributed by atoms with Gasteiger partial charge in [-0.25, -0.2) is 0 Å². The Morgan fingerprint density at radius 3 is 2.67 bits per heavy atom. The second-order valence-electron chi connectivity index (χ2n) is 4.36. The van der Waals surface area contributed by atoms with Crippen LogP contribution in [0.3, 0.4) is 0 Å². The molecule has 0 bridgehead atoms. The Kier molecular flexibility index (Phi) is 4.12. The summed E-state index contributed by atoms with van der Waals surface area (Å²) in [4.78, 5) is 4.43. The molecule has 0 aliphatic carbocycles. The van der Waals surface area contributed by atoms with E-state index >= 15 is 0 Å². The predicted molar refractivity (Wildman–Crippen MR) is 77.8 cm³/mol. The molecule has 1 heterocycles. The SMILES string of the molecule is CC(N)C1(CNc2c(Cl)cccc2Cl)N=CCN1. The Morgan fingerprint density at radius 2 is 2.17 bits per heavy atom. The first-order chi connectivity index (χ1) is 8.55. The molecule has 2 atom stereocenters. The quantitative estimate of drug-likeness (QED) is 0.795. The highest BCUT2D eigenvalue weighted by atomic mass is 35.5. The van der Waals surface area contributed by atoms with Crippen molar-refractivity contribution < 1.29 is 0 Å². The topological polar surface area (TPSA) is 62.4 Å². The molecule has 4 nitrogen and oxygen atoms in total. The molecule has 1 aliphatic rings. The fourth-order valence-corrected chi connectivity index (χ4v) is 2.45. The standard InChI is InChI=1S/C12H16Cl2N4/c1-8(15)12(17-5-6-18-12)7-16-11-9(13)3-2-4-10(11)14/h2-5,8,16,18H,6-7,15H2,1H3. The van der Waals surface area contributed by atoms with Gasteiger partial charge in [0.25, 0.3) is 0 Å². The van der Waals surface area contributed by atoms with Gasteiger partial charge >= 0.3 is 0 Å². The Balaban J connectivity index is 2.13. The van der Waals surface area contributed by atoms with Crippen LogP contribution >= 0.6 is 23.2 Å². The van der Waals surface area contributed by atoms with Crippen LogP contribution in [-0.2, 0) is 0 Å². The summed E-state index contributed by atoms with van der Waals surface area (Å²) in [7, 11) is 0. The van der Waals surface area contributed by atoms with Gasteiger partial charge in [-0.05, 0) is 19.1 Å². The number of anilines is 1. The molecule has 0 radical (unpaired) electrons. The minimum absolute atomic E-state index is 0.120. The largest absolute Gasteiger partial charge is 0.379 e. The van der Waals surface area contributed by atoms with Gasteiger partial charge in [0.2, 0.25) is 0 Å². The Morgan fingerprint density at radius 1 is 1.50 bits per heavy atom. The van der Waals surface area contributed by atoms with E-state index in [1.807, 2.05) is 19.2 Å². The lowest BCUT2D eigenvalue weighted by Gasteiger charge is -2.31. The minimum atomic E-state index is -0.498. The highest BCUT2D eigenvalue weighted by Gasteiger charge is 2.35. The lowest BCUT2D eigenvalue weighted by atomic mass is 10.0. The van der Waals surface area contributed by atoms with Crippen molar-refractivity contribution in [2.75, 3.05) is 18.4 Å². The van der Waals surface area contributed by atoms with Gasteiger partial charge in [0.1, 0.15) is 5.66 Å². The van der Waals surface area contributed by atoms with Crippen LogP contribution < -0.4 is 16.4 Å². The summed E-state index contributed by atoms with van der Waals surface area (Å²) < 4.78 is 0. The van der Waals surface area contributed by atoms with Crippen molar-refractivity contribution >= 4 is 35.1 Å². The molecule has 0 spiro atoms. The van der Waals surface area contributed by atoms with Crippen molar-refractivity contribution in [3.05, 3.63) is 28.2 Å². The number of aliphatic imine (C=N–C) groups is 1. The fourth-order valence-electron chi connectivity index (χ4n) is 1.91. The van der Waals surface area contributed by atoms with E-state index in [0.717, 1.165) is 6.54 Å². The number of nitrogens with one attached hydrogen (secondary N) is 2. The van der Waals surface area contributed by atoms with Gasteiger partial charge in [0, 0.05) is 18.8 Å². The molecular weight excluding hydrogens is 271 g/mol. The van der Waals surface area contributed by atoms with Crippen LogP contribution in [0.2, 0.25) is 10.0 Å². The molecule has 4 N–H and O–H groups in total. The van der Waals surface area contributed by atoms with E-state index in [9.17, 15) is 0 Å². The second kappa shape index (κ2) is 5.45. The molecule has 6 heteroatoms. The molecule has 1 aromatic rings. The van der Waals surface area contributed by atoms with E-state index in [4.69, 9.17) is 28.9 Å². The second-order valence-corrected chi connectivity index (χ2v) is 5.17. The molecule has 0 amide bonds. The van der Waals surface area contributed by atoms with Crippen molar-refractivity contribution in [1.29, 1.82) is 0 Å². The van der Waals surface area contributed by atoms with E-state index in [1.165, 1.54) is 0 Å². The van der Waals surface area contributed by atoms with Crippen LogP contribution in [0.15, 0.2) is 23.2 Å². The van der Waals surface area contributed by atoms with Crippen molar-refractivity contribution in [1.82, 2.24) is 5.32 Å². The first-order valence-electron chi connectivity index (χ1n) is 5.77. The number of hydrogen-bond acceptors (Lipinski definition) is 4. The van der Waals surface area contributed by atoms with Crippen molar-refractivity contribution in [3.8, 4) is 0 Å². The zero-order chi connectivity index (χ0) is 13.2. The average molecular weight is 287 g/mol. The monoisotopic (exact) mass is 286 g/mol. The maximum Gasteiger partial charge on any atom is 0.142 e. The Labute approximate surface area is 117 Å². The highest BCUT2D eigenvalue weighted by Crippen LogP contribution is 2.30. The zero-order valence-corrected chi connectivity index (χ0v) is 11.6. The molecule has 98 valence electrons. The van der Waals surface area contributed by atoms with Gasteiger partial charge in [0.05, 0.1) is 22.3 Å². The van der Waals surface area contributed by atoms with Crippen LogP contribution in [0.1, 0.15) is 6.92 Å². The Hall–Kier alpha value is -0.810. The summed E-state index contributed by atoms with van der Waals surface area (Å²) in [6.07, 6.45) is 1.83. The Bertz CT molecular complexity index is 441. The fraction of sp³-hybridized carbons (Fsp3) is 0.417. The predicted octanol–water partition coefficient (Wildman–Crippen LogP) is 2.12. The summed E-state index contributed by atoms with van der Waals surface area (Å²) in [5.74, 6) is 0. The first kappa shape index (κ1) is 13.6. The van der Waals surface area contributed by atoms with Crippen molar-refractivity contribution in [3.63, 3.8) is 0 Å². The van der Waals surface area contributed by atoms with Gasteiger partial charge in [-0.3, -0.25) is 10.3 Å². The van der Waals surface area contributed by atoms with E-state index in [0.29, 0.717) is 22.3 Å². The van der Waals surface area contributed by atoms with E-state index in [1.54, 1.807) is 12.1 Å². The number of para-hydroxylation sites is 1. The third-order valence-corrected chi connectivity index (χ3v) is 3.70. The molecule has 2 unspecified atom stereocenters. The molecule has 2 rings (SSSR count). The molecule has 0 aromatic heterocycles. The maximum absolute atomic E-state index is 6.10. The summed E-state index contributed by atoms with van der Waals surface area (Å²) in [6, 6.07) is 5.27. The van der Waals surface area contributed by atoms with Crippen LogP contribution in [0, 0.1) is 0 Å². The average Bonchev–Trinajstić information content (AvgIpc) is 2.78. The highest BCUT2D eigenvalue weighted by molar-refractivity contribution is 6.39. The molecule has 1 aliphatic heterocycles. The van der Waals surface area contributed by atoms with Gasteiger partial charge in [-0.2, -0.15) is 0 Å². The third kappa shape index (κ3) is 2.62. The molecule has 18 heavy (non-hydrogen) atoms. The third-order valence-electron chi connectivity index (χ3n) is 3.07. The van der Waals surface area contributed by atoms with Crippen molar-refractivity contribution in [2.45, 2.75) is 18.6 Å². The lowest BCUT2D eigenvalue weighted by molar-refractivity contribution is 0.339. The van der Waals surface area contributed by atoms with Gasteiger partial charge in [-0.1, -0.05) is 29.3 Å². The van der Waals surface area contributed by atoms with Gasteiger partial charge in [0.15, 0.2) is 0 Å². The van der Waals surface area contributed by atoms with Crippen LogP contribution in [0.5, 0.6) is 0 Å². The first-order valence-corrected chi connectivity index (χ1v) is 6.53. The summed E-state index contributed by atoms with van der Waals surface area (Å²) in [6.45, 7) is 3.18. The minimum Gasteiger partial charge on any atom is -0.379 e. The number of nitrogens with two attached hydrogens (primary N) is 1. The van der Waals surface area contributed by atoms with E-state index in [2.05, 4.69) is 15.6 Å². The lowest BCUT2D eigenvalue weighted by Crippen LogP contribution is -2.57. The van der Waals surface area contributed by atoms with Crippen LogP contribution in [-0.4, -0.2) is 31.0 Å². The van der Waals surface area contributed by atoms with Gasteiger partial charge in [-0.15, -0.1) is 0 Å². The number of hydrogen-bond donors (Lipinski definition) is 3. The van der Waals surface area contributed by atoms with Gasteiger partial charge < -0.3 is 11.1 Å². The number of rotatable bonds is 4. The maximum atomic E-state index is 6.10. The molecule has 1 aromatic carbocycles. The summed E-state index contributed by atoms with van der Waals surface area (Å²) >= 11 is 12.2.